The van der Waals surface area contributed by atoms with Crippen molar-refractivity contribution in [2.24, 2.45) is 0 Å². The maximum Gasteiger partial charge on any atom is 0.136 e. The lowest BCUT2D eigenvalue weighted by atomic mass is 9.85. The zero-order valence-electron chi connectivity index (χ0n) is 29.6. The molecule has 0 unspecified atom stereocenters. The van der Waals surface area contributed by atoms with Crippen LogP contribution in [0.25, 0.3) is 87.3 Å². The summed E-state index contributed by atoms with van der Waals surface area (Å²) in [7, 11) is 0. The van der Waals surface area contributed by atoms with E-state index in [4.69, 9.17) is 9.90 Å². The smallest absolute Gasteiger partial charge is 0.136 e. The van der Waals surface area contributed by atoms with Crippen LogP contribution in [-0.4, -0.2) is 0 Å². The Morgan fingerprint density at radius 3 is 1.66 bits per heavy atom. The first kappa shape index (κ1) is 16.0. The van der Waals surface area contributed by atoms with Gasteiger partial charge in [0.2, 0.25) is 0 Å². The monoisotopic (exact) mass is 528 g/mol. The molecule has 9 aromatic rings. The molecule has 0 radical (unpaired) electrons. The predicted octanol–water partition coefficient (Wildman–Crippen LogP) is 11.5. The number of hydrogen-bond donors (Lipinski definition) is 0. The van der Waals surface area contributed by atoms with Gasteiger partial charge < -0.3 is 4.42 Å². The lowest BCUT2D eigenvalue weighted by molar-refractivity contribution is 0.669. The first-order valence-electron chi connectivity index (χ1n) is 17.4. The minimum absolute atomic E-state index is 0.184. The van der Waals surface area contributed by atoms with Gasteiger partial charge in [0, 0.05) is 10.8 Å². The lowest BCUT2D eigenvalue weighted by Crippen LogP contribution is -1.91. The summed E-state index contributed by atoms with van der Waals surface area (Å²) in [5.41, 5.74) is 3.08. The maximum absolute atomic E-state index is 9.27. The van der Waals surface area contributed by atoms with E-state index in [1.165, 1.54) is 0 Å². The Bertz CT molecular complexity index is 2850. The molecule has 0 N–H and O–H groups in total. The second kappa shape index (κ2) is 8.55. The van der Waals surface area contributed by atoms with Crippen LogP contribution in [0, 0.1) is 0 Å². The summed E-state index contributed by atoms with van der Waals surface area (Å²) in [6.07, 6.45) is 0. The van der Waals surface area contributed by atoms with Gasteiger partial charge in [0.15, 0.2) is 0 Å². The molecular formula is C40H24O. The Morgan fingerprint density at radius 1 is 0.415 bits per heavy atom. The molecule has 1 heteroatoms. The van der Waals surface area contributed by atoms with Crippen LogP contribution in [0.1, 0.15) is 11.0 Å². The molecule has 1 heterocycles. The highest BCUT2D eigenvalue weighted by Gasteiger charge is 2.18. The topological polar surface area (TPSA) is 13.1 Å². The summed E-state index contributed by atoms with van der Waals surface area (Å²) in [6, 6.07) is 28.0. The van der Waals surface area contributed by atoms with Crippen molar-refractivity contribution >= 4 is 65.0 Å². The molecule has 41 heavy (non-hydrogen) atoms. The number of hydrogen-bond acceptors (Lipinski definition) is 1. The molecule has 8 aromatic carbocycles. The Hall–Kier alpha value is -5.40. The summed E-state index contributed by atoms with van der Waals surface area (Å²) in [5.74, 6) is 0. The van der Waals surface area contributed by atoms with Gasteiger partial charge in [-0.2, -0.15) is 0 Å². The van der Waals surface area contributed by atoms with Gasteiger partial charge in [-0.05, 0) is 89.6 Å². The van der Waals surface area contributed by atoms with E-state index in [9.17, 15) is 5.48 Å². The van der Waals surface area contributed by atoms with Crippen molar-refractivity contribution in [3.63, 3.8) is 0 Å². The molecule has 190 valence electrons. The number of furan rings is 1. The van der Waals surface area contributed by atoms with Crippen molar-refractivity contribution in [2.45, 2.75) is 0 Å². The number of benzene rings is 8. The van der Waals surface area contributed by atoms with Crippen molar-refractivity contribution in [1.82, 2.24) is 0 Å². The summed E-state index contributed by atoms with van der Waals surface area (Å²) in [4.78, 5) is 0. The Balaban J connectivity index is 1.54. The van der Waals surface area contributed by atoms with E-state index >= 15 is 0 Å². The molecule has 0 saturated heterocycles. The first-order valence-corrected chi connectivity index (χ1v) is 13.4. The third-order valence-corrected chi connectivity index (χ3v) is 8.06. The molecule has 0 fully saturated rings. The van der Waals surface area contributed by atoms with E-state index in [0.29, 0.717) is 33.4 Å². The second-order valence-electron chi connectivity index (χ2n) is 10.3. The number of rotatable bonds is 2. The fourth-order valence-corrected chi connectivity index (χ4v) is 6.25. The molecule has 0 aliphatic carbocycles. The highest BCUT2D eigenvalue weighted by molar-refractivity contribution is 6.24. The van der Waals surface area contributed by atoms with E-state index in [2.05, 4.69) is 0 Å². The van der Waals surface area contributed by atoms with Crippen LogP contribution in [-0.2, 0) is 0 Å². The van der Waals surface area contributed by atoms with Crippen LogP contribution in [0.4, 0.5) is 0 Å². The van der Waals surface area contributed by atoms with Gasteiger partial charge in [0.05, 0.1) is 11.0 Å². The van der Waals surface area contributed by atoms with E-state index in [1.54, 1.807) is 6.07 Å². The Labute approximate surface area is 248 Å². The normalized spacial score (nSPS) is 14.6. The Kier molecular flexibility index (Phi) is 3.34. The molecule has 0 saturated carbocycles. The molecular weight excluding hydrogens is 496 g/mol. The standard InChI is InChI=1S/C40H24O/c1-2-11-27-23-28(18-17-25(27)9-1)38-31-13-5-7-15-33(31)39(34-16-8-6-14-32(34)38)29-20-21-36-35(24-29)40-30-12-4-3-10-26(30)19-22-37(40)41-36/h1-24H/i5D,6D,7D,8D,13D,14D,15D,16D. The van der Waals surface area contributed by atoms with Crippen LogP contribution in [0.5, 0.6) is 0 Å². The van der Waals surface area contributed by atoms with Crippen LogP contribution >= 0.6 is 0 Å². The van der Waals surface area contributed by atoms with Crippen LogP contribution in [0.3, 0.4) is 0 Å². The van der Waals surface area contributed by atoms with Gasteiger partial charge in [-0.15, -0.1) is 0 Å². The fourth-order valence-electron chi connectivity index (χ4n) is 6.25. The summed E-state index contributed by atoms with van der Waals surface area (Å²) < 4.78 is 78.2. The highest BCUT2D eigenvalue weighted by atomic mass is 16.3. The van der Waals surface area contributed by atoms with Crippen molar-refractivity contribution < 1.29 is 15.4 Å². The quantitative estimate of drug-likeness (QED) is 0.203. The molecule has 0 aliphatic heterocycles. The molecule has 1 aromatic heterocycles. The van der Waals surface area contributed by atoms with Gasteiger partial charge in [-0.1, -0.05) is 121 Å². The summed E-state index contributed by atoms with van der Waals surface area (Å²) in [5, 5.41) is 6.29. The van der Waals surface area contributed by atoms with Gasteiger partial charge in [0.25, 0.3) is 0 Å². The minimum Gasteiger partial charge on any atom is -0.456 e. The van der Waals surface area contributed by atoms with E-state index < -0.39 is 24.2 Å². The average Bonchev–Trinajstić information content (AvgIpc) is 3.51. The van der Waals surface area contributed by atoms with E-state index in [1.807, 2.05) is 91.0 Å². The largest absolute Gasteiger partial charge is 0.456 e. The van der Waals surface area contributed by atoms with Crippen molar-refractivity contribution in [1.29, 1.82) is 0 Å². The third kappa shape index (κ3) is 3.30. The molecule has 1 nitrogen and oxygen atoms in total. The van der Waals surface area contributed by atoms with Crippen molar-refractivity contribution in [3.05, 3.63) is 145 Å². The summed E-state index contributed by atoms with van der Waals surface area (Å²) in [6.45, 7) is 0. The average molecular weight is 529 g/mol. The molecule has 9 rings (SSSR count). The minimum atomic E-state index is -0.427. The molecule has 0 spiro atoms. The third-order valence-electron chi connectivity index (χ3n) is 8.06. The zero-order valence-corrected chi connectivity index (χ0v) is 21.6. The lowest BCUT2D eigenvalue weighted by Gasteiger charge is -2.18. The molecule has 0 amide bonds. The van der Waals surface area contributed by atoms with Crippen molar-refractivity contribution in [3.8, 4) is 22.3 Å². The molecule has 0 aliphatic rings. The summed E-state index contributed by atoms with van der Waals surface area (Å²) >= 11 is 0. The number of fused-ring (bicyclic) bond motifs is 8. The van der Waals surface area contributed by atoms with Crippen LogP contribution in [0.2, 0.25) is 0 Å². The maximum atomic E-state index is 9.27. The highest BCUT2D eigenvalue weighted by Crippen LogP contribution is 2.45. The van der Waals surface area contributed by atoms with Crippen molar-refractivity contribution in [2.75, 3.05) is 0 Å². The van der Waals surface area contributed by atoms with Gasteiger partial charge in [-0.3, -0.25) is 0 Å². The van der Waals surface area contributed by atoms with E-state index in [0.717, 1.165) is 32.3 Å². The SMILES string of the molecule is [2H]c1c([2H])c([2H])c2c(-c3ccc4oc5ccc6ccccc6c5c4c3)c3c([2H])c([2H])c([2H])c([2H])c3c(-c3ccc4ccccc4c3)c2c1[2H]. The van der Waals surface area contributed by atoms with Gasteiger partial charge in [0.1, 0.15) is 11.2 Å². The Morgan fingerprint density at radius 2 is 0.951 bits per heavy atom. The first-order chi connectivity index (χ1) is 23.7. The van der Waals surface area contributed by atoms with Gasteiger partial charge >= 0.3 is 0 Å². The van der Waals surface area contributed by atoms with Gasteiger partial charge in [-0.25, -0.2) is 0 Å². The van der Waals surface area contributed by atoms with Crippen LogP contribution in [0.15, 0.2) is 150 Å². The zero-order chi connectivity index (χ0) is 33.9. The van der Waals surface area contributed by atoms with E-state index in [-0.39, 0.29) is 45.7 Å². The molecule has 0 bridgehead atoms. The fraction of sp³-hybridized carbons (Fsp3) is 0. The predicted molar refractivity (Wildman–Crippen MR) is 175 cm³/mol. The second-order valence-corrected chi connectivity index (χ2v) is 10.3. The molecule has 0 atom stereocenters. The van der Waals surface area contributed by atoms with Crippen LogP contribution < -0.4 is 0 Å².